The number of hydrogen-bond acceptors (Lipinski definition) is 5. The highest BCUT2D eigenvalue weighted by Crippen LogP contribution is 2.25. The molecule has 2 aromatic rings. The minimum atomic E-state index is -1.04. The van der Waals surface area contributed by atoms with Crippen LogP contribution in [0.2, 0.25) is 0 Å². The maximum absolute atomic E-state index is 14.5. The minimum Gasteiger partial charge on any atom is -0.481 e. The van der Waals surface area contributed by atoms with Gasteiger partial charge in [-0.15, -0.1) is 0 Å². The fourth-order valence-electron chi connectivity index (χ4n) is 3.84. The average Bonchev–Trinajstić information content (AvgIpc) is 2.84. The molecule has 0 aliphatic heterocycles. The number of nitrogens with zero attached hydrogens (tertiary/aromatic N) is 1. The third-order valence-electron chi connectivity index (χ3n) is 5.81. The number of ether oxygens (including phenoxy) is 2. The summed E-state index contributed by atoms with van der Waals surface area (Å²) in [5.41, 5.74) is 0.229. The van der Waals surface area contributed by atoms with Crippen molar-refractivity contribution in [3.8, 4) is 0 Å². The van der Waals surface area contributed by atoms with Gasteiger partial charge < -0.3 is 19.5 Å². The largest absolute Gasteiger partial charge is 0.481 e. The van der Waals surface area contributed by atoms with Crippen molar-refractivity contribution in [2.75, 3.05) is 6.54 Å². The maximum atomic E-state index is 14.5. The first-order chi connectivity index (χ1) is 17.9. The summed E-state index contributed by atoms with van der Waals surface area (Å²) in [6, 6.07) is 10.1. The molecular weight excluding hydrogens is 496 g/mol. The van der Waals surface area contributed by atoms with E-state index in [-0.39, 0.29) is 13.0 Å². The molecule has 0 radical (unpaired) electrons. The lowest BCUT2D eigenvalue weighted by molar-refractivity contribution is -0.155. The molecule has 0 bridgehead atoms. The smallest absolute Gasteiger partial charge is 0.326 e. The van der Waals surface area contributed by atoms with Crippen LogP contribution in [0.4, 0.5) is 8.78 Å². The summed E-state index contributed by atoms with van der Waals surface area (Å²) in [4.78, 5) is 38.1. The van der Waals surface area contributed by atoms with Crippen LogP contribution in [0.25, 0.3) is 0 Å². The maximum Gasteiger partial charge on any atom is 0.326 e. The van der Waals surface area contributed by atoms with Crippen LogP contribution in [-0.4, -0.2) is 46.1 Å². The molecule has 9 heteroatoms. The number of halogens is 2. The van der Waals surface area contributed by atoms with Crippen molar-refractivity contribution >= 4 is 17.8 Å². The normalized spacial score (nSPS) is 15.9. The van der Waals surface area contributed by atoms with E-state index in [1.807, 2.05) is 0 Å². The van der Waals surface area contributed by atoms with E-state index >= 15 is 0 Å². The summed E-state index contributed by atoms with van der Waals surface area (Å²) >= 11 is 0. The van der Waals surface area contributed by atoms with Crippen molar-refractivity contribution < 1.29 is 37.7 Å². The van der Waals surface area contributed by atoms with Crippen LogP contribution >= 0.6 is 0 Å². The predicted octanol–water partition coefficient (Wildman–Crippen LogP) is 5.37. The van der Waals surface area contributed by atoms with E-state index in [2.05, 4.69) is 0 Å². The predicted molar refractivity (Wildman–Crippen MR) is 136 cm³/mol. The molecule has 2 aromatic carbocycles. The summed E-state index contributed by atoms with van der Waals surface area (Å²) in [5.74, 6) is -5.36. The fourth-order valence-corrected chi connectivity index (χ4v) is 3.84. The van der Waals surface area contributed by atoms with Crippen LogP contribution in [-0.2, 0) is 25.7 Å². The van der Waals surface area contributed by atoms with Gasteiger partial charge in [-0.25, -0.2) is 8.78 Å². The number of carbonyl (C=O) groups is 3. The van der Waals surface area contributed by atoms with Gasteiger partial charge in [-0.3, -0.25) is 14.4 Å². The molecule has 1 aliphatic rings. The van der Waals surface area contributed by atoms with Crippen LogP contribution < -0.4 is 0 Å². The zero-order valence-corrected chi connectivity index (χ0v) is 21.7. The number of amides is 1. The molecule has 0 saturated carbocycles. The zero-order valence-electron chi connectivity index (χ0n) is 21.7. The minimum absolute atomic E-state index is 0.162. The summed E-state index contributed by atoms with van der Waals surface area (Å²) in [6.07, 6.45) is 4.67. The first-order valence-corrected chi connectivity index (χ1v) is 12.1. The first kappa shape index (κ1) is 28.7. The average molecular weight is 528 g/mol. The van der Waals surface area contributed by atoms with Crippen molar-refractivity contribution in [3.63, 3.8) is 0 Å². The number of allylic oxidation sites excluding steroid dienone is 2. The topological polar surface area (TPSA) is 93.1 Å². The Morgan fingerprint density at radius 1 is 1.08 bits per heavy atom. The van der Waals surface area contributed by atoms with Crippen molar-refractivity contribution in [1.29, 1.82) is 0 Å². The fraction of sp³-hybridized carbons (Fsp3) is 0.345. The molecule has 3 rings (SSSR count). The second-order valence-corrected chi connectivity index (χ2v) is 9.97. The lowest BCUT2D eigenvalue weighted by atomic mass is 10.0. The summed E-state index contributed by atoms with van der Waals surface area (Å²) < 4.78 is 40.2. The van der Waals surface area contributed by atoms with Crippen molar-refractivity contribution in [1.82, 2.24) is 4.90 Å². The SMILES string of the molecule is CC(C(=O)O)c1ccc(COC2C=CC=C(N(CC(=O)OC(C)(C)C)C(=O)c3c(F)cccc3F)C2)cc1. The van der Waals surface area contributed by atoms with Crippen LogP contribution in [0.15, 0.2) is 66.4 Å². The van der Waals surface area contributed by atoms with Crippen LogP contribution in [0.3, 0.4) is 0 Å². The van der Waals surface area contributed by atoms with Gasteiger partial charge in [0, 0.05) is 12.1 Å². The number of hydrogen-bond donors (Lipinski definition) is 1. The number of carbonyl (C=O) groups excluding carboxylic acids is 2. The molecule has 0 spiro atoms. The van der Waals surface area contributed by atoms with E-state index in [0.29, 0.717) is 11.3 Å². The van der Waals surface area contributed by atoms with Crippen molar-refractivity contribution in [3.05, 3.63) is 94.7 Å². The Hall–Kier alpha value is -3.85. The highest BCUT2D eigenvalue weighted by atomic mass is 19.1. The zero-order chi connectivity index (χ0) is 28.0. The number of carboxylic acid groups (broad SMARTS) is 1. The quantitative estimate of drug-likeness (QED) is 0.441. The molecule has 2 atom stereocenters. The highest BCUT2D eigenvalue weighted by molar-refractivity contribution is 5.97. The number of carboxylic acids is 1. The van der Waals surface area contributed by atoms with E-state index < -0.39 is 59.2 Å². The summed E-state index contributed by atoms with van der Waals surface area (Å²) in [6.45, 7) is 6.29. The molecule has 1 aliphatic carbocycles. The van der Waals surface area contributed by atoms with Crippen LogP contribution in [0, 0.1) is 11.6 Å². The Labute approximate surface area is 220 Å². The van der Waals surface area contributed by atoms with Gasteiger partial charge in [0.1, 0.15) is 29.3 Å². The van der Waals surface area contributed by atoms with Crippen LogP contribution in [0.1, 0.15) is 61.5 Å². The Balaban J connectivity index is 1.76. The van der Waals surface area contributed by atoms with Crippen molar-refractivity contribution in [2.45, 2.75) is 58.3 Å². The molecule has 0 heterocycles. The van der Waals surface area contributed by atoms with E-state index in [0.717, 1.165) is 28.7 Å². The number of esters is 1. The highest BCUT2D eigenvalue weighted by Gasteiger charge is 2.31. The number of benzene rings is 2. The number of aliphatic carboxylic acids is 1. The summed E-state index contributed by atoms with van der Waals surface area (Å²) in [5, 5.41) is 9.16. The molecular formula is C29H31F2NO6. The lowest BCUT2D eigenvalue weighted by Gasteiger charge is -2.30. The molecule has 0 aromatic heterocycles. The second-order valence-electron chi connectivity index (χ2n) is 9.97. The Bertz CT molecular complexity index is 1230. The molecule has 0 fully saturated rings. The summed E-state index contributed by atoms with van der Waals surface area (Å²) in [7, 11) is 0. The van der Waals surface area contributed by atoms with Gasteiger partial charge in [-0.05, 0) is 57.0 Å². The molecule has 0 saturated heterocycles. The Morgan fingerprint density at radius 3 is 2.29 bits per heavy atom. The first-order valence-electron chi connectivity index (χ1n) is 12.1. The monoisotopic (exact) mass is 527 g/mol. The van der Waals surface area contributed by atoms with Crippen molar-refractivity contribution in [2.24, 2.45) is 0 Å². The van der Waals surface area contributed by atoms with Crippen LogP contribution in [0.5, 0.6) is 0 Å². The van der Waals surface area contributed by atoms with Gasteiger partial charge in [0.2, 0.25) is 0 Å². The van der Waals surface area contributed by atoms with E-state index in [1.54, 1.807) is 70.2 Å². The van der Waals surface area contributed by atoms with Gasteiger partial charge >= 0.3 is 11.9 Å². The van der Waals surface area contributed by atoms with E-state index in [4.69, 9.17) is 14.6 Å². The molecule has 1 amide bonds. The van der Waals surface area contributed by atoms with Gasteiger partial charge in [0.05, 0.1) is 18.6 Å². The van der Waals surface area contributed by atoms with Gasteiger partial charge in [-0.2, -0.15) is 0 Å². The molecule has 38 heavy (non-hydrogen) atoms. The molecule has 2 unspecified atom stereocenters. The third kappa shape index (κ3) is 7.58. The van der Waals surface area contributed by atoms with E-state index in [9.17, 15) is 23.2 Å². The lowest BCUT2D eigenvalue weighted by Crippen LogP contribution is -2.40. The molecule has 1 N–H and O–H groups in total. The molecule has 202 valence electrons. The Kier molecular flexibility index (Phi) is 9.17. The number of rotatable bonds is 9. The Morgan fingerprint density at radius 2 is 1.71 bits per heavy atom. The third-order valence-corrected chi connectivity index (χ3v) is 5.81. The van der Waals surface area contributed by atoms with Gasteiger partial charge in [-0.1, -0.05) is 42.5 Å². The van der Waals surface area contributed by atoms with Gasteiger partial charge in [0.25, 0.3) is 5.91 Å². The standard InChI is InChI=1S/C29H31F2NO6/c1-18(28(35)36)20-13-11-19(12-14-20)17-37-22-8-5-7-21(15-22)32(16-25(33)38-29(2,3)4)27(34)26-23(30)9-6-10-24(26)31/h5-14,18,22H,15-17H2,1-4H3,(H,35,36). The van der Waals surface area contributed by atoms with Gasteiger partial charge in [0.15, 0.2) is 0 Å². The van der Waals surface area contributed by atoms with E-state index in [1.165, 1.54) is 0 Å². The molecule has 7 nitrogen and oxygen atoms in total. The second kappa shape index (κ2) is 12.1.